The van der Waals surface area contributed by atoms with Crippen LogP contribution in [-0.2, 0) is 4.74 Å². The Balaban J connectivity index is 2.91. The van der Waals surface area contributed by atoms with Crippen molar-refractivity contribution >= 4 is 0 Å². The van der Waals surface area contributed by atoms with Crippen LogP contribution in [0.3, 0.4) is 0 Å². The third-order valence-corrected chi connectivity index (χ3v) is 3.87. The smallest absolute Gasteiger partial charge is 0.119 e. The molecule has 0 radical (unpaired) electrons. The van der Waals surface area contributed by atoms with Crippen LogP contribution >= 0.6 is 0 Å². The number of benzene rings is 1. The van der Waals surface area contributed by atoms with E-state index in [0.29, 0.717) is 0 Å². The van der Waals surface area contributed by atoms with Crippen LogP contribution in [0.5, 0.6) is 5.75 Å². The third-order valence-electron chi connectivity index (χ3n) is 3.87. The van der Waals surface area contributed by atoms with E-state index >= 15 is 0 Å². The summed E-state index contributed by atoms with van der Waals surface area (Å²) in [4.78, 5) is 0. The fourth-order valence-corrected chi connectivity index (χ4v) is 2.33. The Kier molecular flexibility index (Phi) is 7.03. The number of nitrogens with one attached hydrogen (secondary N) is 1. The summed E-state index contributed by atoms with van der Waals surface area (Å²) in [5.74, 6) is 0.932. The number of rotatable bonds is 9. The summed E-state index contributed by atoms with van der Waals surface area (Å²) in [6.45, 7) is 10.2. The molecule has 20 heavy (non-hydrogen) atoms. The van der Waals surface area contributed by atoms with E-state index in [0.717, 1.165) is 31.7 Å². The summed E-state index contributed by atoms with van der Waals surface area (Å²) in [5, 5.41) is 3.54. The van der Waals surface area contributed by atoms with Gasteiger partial charge in [-0.2, -0.15) is 0 Å². The topological polar surface area (TPSA) is 30.5 Å². The molecule has 114 valence electrons. The van der Waals surface area contributed by atoms with E-state index in [1.807, 2.05) is 12.1 Å². The van der Waals surface area contributed by atoms with Gasteiger partial charge in [0.25, 0.3) is 0 Å². The summed E-state index contributed by atoms with van der Waals surface area (Å²) in [6.07, 6.45) is 1.98. The predicted octanol–water partition coefficient (Wildman–Crippen LogP) is 3.94. The van der Waals surface area contributed by atoms with Crippen molar-refractivity contribution in [2.75, 3.05) is 20.3 Å². The maximum atomic E-state index is 5.76. The Morgan fingerprint density at radius 1 is 1.15 bits per heavy atom. The monoisotopic (exact) mass is 279 g/mol. The fraction of sp³-hybridized carbons (Fsp3) is 0.647. The molecule has 0 fully saturated rings. The average Bonchev–Trinajstić information content (AvgIpc) is 2.50. The molecule has 3 heteroatoms. The van der Waals surface area contributed by atoms with Crippen LogP contribution in [-0.4, -0.2) is 25.9 Å². The van der Waals surface area contributed by atoms with Crippen LogP contribution in [0.1, 0.15) is 52.1 Å². The van der Waals surface area contributed by atoms with Gasteiger partial charge in [-0.15, -0.1) is 0 Å². The normalized spacial score (nSPS) is 15.7. The summed E-state index contributed by atoms with van der Waals surface area (Å²) in [7, 11) is 1.78. The molecule has 0 amide bonds. The van der Waals surface area contributed by atoms with Crippen molar-refractivity contribution in [3.63, 3.8) is 0 Å². The van der Waals surface area contributed by atoms with E-state index in [2.05, 4.69) is 45.1 Å². The lowest BCUT2D eigenvalue weighted by Gasteiger charge is -2.36. The van der Waals surface area contributed by atoms with E-state index in [1.54, 1.807) is 7.11 Å². The number of methoxy groups -OCH3 is 1. The lowest BCUT2D eigenvalue weighted by molar-refractivity contribution is -0.0296. The first-order valence-corrected chi connectivity index (χ1v) is 7.62. The first-order valence-electron chi connectivity index (χ1n) is 7.62. The van der Waals surface area contributed by atoms with Gasteiger partial charge in [0.15, 0.2) is 0 Å². The molecule has 1 rings (SSSR count). The molecule has 0 bridgehead atoms. The molecule has 0 aliphatic rings. The van der Waals surface area contributed by atoms with Crippen LogP contribution in [0, 0.1) is 0 Å². The summed E-state index contributed by atoms with van der Waals surface area (Å²) < 4.78 is 11.4. The van der Waals surface area contributed by atoms with E-state index in [-0.39, 0.29) is 11.6 Å². The van der Waals surface area contributed by atoms with Crippen LogP contribution in [0.15, 0.2) is 24.3 Å². The molecule has 0 heterocycles. The van der Waals surface area contributed by atoms with Crippen molar-refractivity contribution in [3.8, 4) is 5.75 Å². The Bertz CT molecular complexity index is 371. The van der Waals surface area contributed by atoms with Gasteiger partial charge in [-0.25, -0.2) is 0 Å². The molecule has 0 spiro atoms. The van der Waals surface area contributed by atoms with Gasteiger partial charge >= 0.3 is 0 Å². The molecule has 3 nitrogen and oxygen atoms in total. The first kappa shape index (κ1) is 17.0. The van der Waals surface area contributed by atoms with Crippen molar-refractivity contribution in [2.24, 2.45) is 0 Å². The largest absolute Gasteiger partial charge is 0.494 e. The third kappa shape index (κ3) is 4.22. The Morgan fingerprint density at radius 2 is 1.80 bits per heavy atom. The minimum Gasteiger partial charge on any atom is -0.494 e. The Labute approximate surface area is 123 Å². The minimum atomic E-state index is -0.207. The summed E-state index contributed by atoms with van der Waals surface area (Å²) >= 11 is 0. The van der Waals surface area contributed by atoms with E-state index in [1.165, 1.54) is 5.56 Å². The second-order valence-corrected chi connectivity index (χ2v) is 5.28. The highest BCUT2D eigenvalue weighted by atomic mass is 16.5. The van der Waals surface area contributed by atoms with Gasteiger partial charge in [0.1, 0.15) is 5.75 Å². The standard InChI is InChI=1S/C17H29NO2/c1-6-13-20-15-11-9-14(10-12-15)16(18-8-3)17(4,7-2)19-5/h9-12,16,18H,6-8,13H2,1-5H3. The Morgan fingerprint density at radius 3 is 2.25 bits per heavy atom. The SMILES string of the molecule is CCCOc1ccc(C(NCC)C(C)(CC)OC)cc1. The quantitative estimate of drug-likeness (QED) is 0.742. The van der Waals surface area contributed by atoms with E-state index < -0.39 is 0 Å². The molecule has 0 aliphatic heterocycles. The minimum absolute atomic E-state index is 0.183. The van der Waals surface area contributed by atoms with Crippen molar-refractivity contribution in [1.82, 2.24) is 5.32 Å². The number of likely N-dealkylation sites (N-methyl/N-ethyl adjacent to an activating group) is 1. The van der Waals surface area contributed by atoms with Crippen molar-refractivity contribution < 1.29 is 9.47 Å². The molecule has 0 saturated heterocycles. The van der Waals surface area contributed by atoms with Gasteiger partial charge in [-0.1, -0.05) is 32.9 Å². The maximum absolute atomic E-state index is 5.76. The predicted molar refractivity (Wildman–Crippen MR) is 84.4 cm³/mol. The van der Waals surface area contributed by atoms with Crippen LogP contribution in [0.4, 0.5) is 0 Å². The molecule has 1 aromatic rings. The zero-order valence-electron chi connectivity index (χ0n) is 13.5. The first-order chi connectivity index (χ1) is 9.61. The van der Waals surface area contributed by atoms with Gasteiger partial charge < -0.3 is 14.8 Å². The van der Waals surface area contributed by atoms with Crippen LogP contribution < -0.4 is 10.1 Å². The zero-order chi connectivity index (χ0) is 15.0. The highest BCUT2D eigenvalue weighted by Crippen LogP contribution is 2.32. The van der Waals surface area contributed by atoms with Gasteiger partial charge in [0, 0.05) is 7.11 Å². The highest BCUT2D eigenvalue weighted by Gasteiger charge is 2.33. The molecule has 0 saturated carbocycles. The summed E-state index contributed by atoms with van der Waals surface area (Å²) in [5.41, 5.74) is 1.03. The molecular formula is C17H29NO2. The number of hydrogen-bond donors (Lipinski definition) is 1. The summed E-state index contributed by atoms with van der Waals surface area (Å²) in [6, 6.07) is 8.53. The van der Waals surface area contributed by atoms with Gasteiger partial charge in [0.05, 0.1) is 18.2 Å². The molecule has 0 aromatic heterocycles. The lowest BCUT2D eigenvalue weighted by atomic mass is 9.87. The molecule has 1 aromatic carbocycles. The average molecular weight is 279 g/mol. The second-order valence-electron chi connectivity index (χ2n) is 5.28. The van der Waals surface area contributed by atoms with Crippen molar-refractivity contribution in [3.05, 3.63) is 29.8 Å². The van der Waals surface area contributed by atoms with Gasteiger partial charge in [-0.05, 0) is 44.0 Å². The van der Waals surface area contributed by atoms with Crippen LogP contribution in [0.2, 0.25) is 0 Å². The zero-order valence-corrected chi connectivity index (χ0v) is 13.5. The van der Waals surface area contributed by atoms with Gasteiger partial charge in [0.2, 0.25) is 0 Å². The maximum Gasteiger partial charge on any atom is 0.119 e. The van der Waals surface area contributed by atoms with Crippen LogP contribution in [0.25, 0.3) is 0 Å². The highest BCUT2D eigenvalue weighted by molar-refractivity contribution is 5.30. The van der Waals surface area contributed by atoms with Crippen molar-refractivity contribution in [2.45, 2.75) is 52.2 Å². The van der Waals surface area contributed by atoms with Crippen molar-refractivity contribution in [1.29, 1.82) is 0 Å². The van der Waals surface area contributed by atoms with E-state index in [4.69, 9.17) is 9.47 Å². The molecule has 2 unspecified atom stereocenters. The van der Waals surface area contributed by atoms with E-state index in [9.17, 15) is 0 Å². The molecular weight excluding hydrogens is 250 g/mol. The second kappa shape index (κ2) is 8.28. The fourth-order valence-electron chi connectivity index (χ4n) is 2.33. The number of ether oxygens (including phenoxy) is 2. The number of hydrogen-bond acceptors (Lipinski definition) is 3. The van der Waals surface area contributed by atoms with Gasteiger partial charge in [-0.3, -0.25) is 0 Å². The Hall–Kier alpha value is -1.06. The molecule has 2 atom stereocenters. The molecule has 1 N–H and O–H groups in total. The lowest BCUT2D eigenvalue weighted by Crippen LogP contribution is -2.42. The molecule has 0 aliphatic carbocycles.